The Balaban J connectivity index is 0.000000188. The fourth-order valence-electron chi connectivity index (χ4n) is 9.54. The maximum absolute atomic E-state index is 14.2. The van der Waals surface area contributed by atoms with E-state index in [1.54, 1.807) is 73.4 Å². The molecule has 0 saturated carbocycles. The van der Waals surface area contributed by atoms with Crippen LogP contribution in [0.15, 0.2) is 158 Å². The highest BCUT2D eigenvalue weighted by Crippen LogP contribution is 2.39. The van der Waals surface area contributed by atoms with Crippen LogP contribution in [0.4, 0.5) is 26.3 Å². The molecule has 9 rings (SSSR count). The number of halogens is 6. The lowest BCUT2D eigenvalue weighted by Crippen LogP contribution is -2.19. The number of para-hydroxylation sites is 1. The van der Waals surface area contributed by atoms with Crippen LogP contribution in [0.2, 0.25) is 0 Å². The second-order valence-electron chi connectivity index (χ2n) is 22.5. The van der Waals surface area contributed by atoms with E-state index in [2.05, 4.69) is 78.1 Å². The summed E-state index contributed by atoms with van der Waals surface area (Å²) >= 11 is 0. The molecule has 468 valence electrons. The number of ether oxygens (including phenoxy) is 3. The summed E-state index contributed by atoms with van der Waals surface area (Å²) in [5, 5.41) is 21.4. The molecule has 5 aromatic carbocycles. The number of aromatic nitrogens is 7. The molecule has 4 aromatic heterocycles. The van der Waals surface area contributed by atoms with Crippen molar-refractivity contribution in [1.29, 1.82) is 0 Å². The average molecular weight is 1210 g/mol. The molecule has 3 N–H and O–H groups in total. The van der Waals surface area contributed by atoms with Crippen LogP contribution in [0.1, 0.15) is 119 Å². The van der Waals surface area contributed by atoms with Crippen LogP contribution in [0.5, 0.6) is 28.7 Å². The predicted octanol–water partition coefficient (Wildman–Crippen LogP) is 17.8. The lowest BCUT2D eigenvalue weighted by atomic mass is 10.0. The summed E-state index contributed by atoms with van der Waals surface area (Å²) in [5.74, 6) is -6.71. The van der Waals surface area contributed by atoms with Gasteiger partial charge in [-0.25, -0.2) is 26.3 Å². The number of alkyl halides is 6. The van der Waals surface area contributed by atoms with Gasteiger partial charge >= 0.3 is 0 Å². The van der Waals surface area contributed by atoms with Crippen LogP contribution in [0.3, 0.4) is 0 Å². The molecule has 0 fully saturated rings. The zero-order chi connectivity index (χ0) is 63.3. The number of H-pyrrole nitrogens is 3. The molecule has 0 aliphatic rings. The smallest absolute Gasteiger partial charge is 0.270 e. The van der Waals surface area contributed by atoms with Crippen molar-refractivity contribution in [3.05, 3.63) is 197 Å². The van der Waals surface area contributed by atoms with Gasteiger partial charge in [0.2, 0.25) is 0 Å². The summed E-state index contributed by atoms with van der Waals surface area (Å²) < 4.78 is 102. The lowest BCUT2D eigenvalue weighted by Gasteiger charge is -2.18. The third-order valence-electron chi connectivity index (χ3n) is 14.4. The van der Waals surface area contributed by atoms with E-state index in [0.717, 1.165) is 118 Å². The Kier molecular flexibility index (Phi) is 24.5. The molecule has 0 bridgehead atoms. The first-order chi connectivity index (χ1) is 42.1. The first kappa shape index (κ1) is 67.3. The van der Waals surface area contributed by atoms with Gasteiger partial charge in [-0.2, -0.15) is 15.3 Å². The molecule has 0 radical (unpaired) electrons. The van der Waals surface area contributed by atoms with Crippen molar-refractivity contribution in [2.24, 2.45) is 0 Å². The third-order valence-corrected chi connectivity index (χ3v) is 14.4. The summed E-state index contributed by atoms with van der Waals surface area (Å²) in [6, 6.07) is 36.1. The molecule has 0 atom stereocenters. The Morgan fingerprint density at radius 3 is 1.12 bits per heavy atom. The van der Waals surface area contributed by atoms with Crippen molar-refractivity contribution in [2.45, 2.75) is 124 Å². The van der Waals surface area contributed by atoms with Crippen LogP contribution in [-0.2, 0) is 44.0 Å². The van der Waals surface area contributed by atoms with E-state index >= 15 is 0 Å². The van der Waals surface area contributed by atoms with E-state index in [-0.39, 0.29) is 16.7 Å². The number of hydrogen-bond acceptors (Lipinski definition) is 10. The molecule has 0 aliphatic heterocycles. The van der Waals surface area contributed by atoms with Gasteiger partial charge < -0.3 is 28.9 Å². The Morgan fingerprint density at radius 2 is 0.761 bits per heavy atom. The van der Waals surface area contributed by atoms with Crippen molar-refractivity contribution in [3.8, 4) is 62.5 Å². The van der Waals surface area contributed by atoms with E-state index in [4.69, 9.17) is 14.2 Å². The zero-order valence-corrected chi connectivity index (χ0v) is 51.8. The Hall–Kier alpha value is -8.26. The number of nitrogens with one attached hydrogen (secondary N) is 3. The number of benzene rings is 5. The summed E-state index contributed by atoms with van der Waals surface area (Å²) in [4.78, 5) is 10.6. The van der Waals surface area contributed by atoms with Crippen molar-refractivity contribution in [2.75, 3.05) is 40.8 Å². The van der Waals surface area contributed by atoms with Crippen molar-refractivity contribution in [3.63, 3.8) is 0 Å². The fourth-order valence-corrected chi connectivity index (χ4v) is 9.54. The molecular formula is C69H82F6N10O3. The average Bonchev–Trinajstić information content (AvgIpc) is 4.22. The third kappa shape index (κ3) is 20.7. The molecule has 0 aliphatic carbocycles. The largest absolute Gasteiger partial charge is 0.489 e. The molecular weight excluding hydrogens is 1130 g/mol. The highest BCUT2D eigenvalue weighted by molar-refractivity contribution is 5.68. The number of nitrogens with zero attached hydrogens (tertiary/aromatic N) is 7. The minimum absolute atomic E-state index is 0.0806. The Morgan fingerprint density at radius 1 is 0.420 bits per heavy atom. The van der Waals surface area contributed by atoms with E-state index in [9.17, 15) is 26.3 Å². The van der Waals surface area contributed by atoms with Crippen LogP contribution >= 0.6 is 0 Å². The number of pyridine rings is 1. The SMILES string of the molecule is CCCCN(C)Cc1cn[nH]c1-c1cc(OCc2ccccc2)cc(C(C)(F)F)c1.CCCCN(C)Cc1cn[nH]c1-c1cc(Oc2ccccc2)cc(C(C)(F)F)c1.CCCCN(C)Cc1cn[nH]c1-c1cc(Oc2ccncc2)cc(C(C)(F)F)c1. The van der Waals surface area contributed by atoms with Crippen molar-refractivity contribution < 1.29 is 40.6 Å². The monoisotopic (exact) mass is 1210 g/mol. The van der Waals surface area contributed by atoms with Gasteiger partial charge in [0.05, 0.1) is 35.7 Å². The minimum atomic E-state index is -3.00. The zero-order valence-electron chi connectivity index (χ0n) is 51.8. The predicted molar refractivity (Wildman–Crippen MR) is 336 cm³/mol. The topological polar surface area (TPSA) is 136 Å². The standard InChI is InChI=1S/C24H29F2N3O.C23H27F2N3O.C22H26F2N4O/c1-4-5-11-29(3)16-20-15-27-28-23(20)19-12-21(24(2,25)26)14-22(13-19)30-17-18-9-7-6-8-10-18;1-4-5-11-28(3)16-18-15-26-27-22(18)17-12-19(23(2,24)25)14-21(13-17)29-20-9-7-6-8-10-20;1-4-5-10-28(3)15-17-14-26-27-21(17)16-11-18(22(2,23)24)13-20(12-16)29-19-6-8-25-9-7-19/h6-10,12-15H,4-5,11,16-17H2,1-3H3,(H,27,28);6-10,12-15H,4-5,11,16H2,1-3H3,(H,26,27);6-9,11-14H,4-5,10,15H2,1-3H3,(H,26,27). The van der Waals surface area contributed by atoms with Gasteiger partial charge in [-0.3, -0.25) is 20.3 Å². The summed E-state index contributed by atoms with van der Waals surface area (Å²) in [5.41, 5.74) is 7.67. The lowest BCUT2D eigenvalue weighted by molar-refractivity contribution is 0.0166. The van der Waals surface area contributed by atoms with Gasteiger partial charge in [0, 0.05) is 103 Å². The molecule has 13 nitrogen and oxygen atoms in total. The molecule has 4 heterocycles. The minimum Gasteiger partial charge on any atom is -0.489 e. The number of hydrogen-bond donors (Lipinski definition) is 3. The number of unbranched alkanes of at least 4 members (excludes halogenated alkanes) is 3. The molecule has 0 saturated heterocycles. The second-order valence-corrected chi connectivity index (χ2v) is 22.5. The van der Waals surface area contributed by atoms with E-state index in [1.807, 2.05) is 62.6 Å². The maximum Gasteiger partial charge on any atom is 0.270 e. The highest BCUT2D eigenvalue weighted by Gasteiger charge is 2.29. The fraction of sp³-hybridized carbons (Fsp3) is 0.362. The summed E-state index contributed by atoms with van der Waals surface area (Å²) in [6.45, 7) is 14.4. The van der Waals surface area contributed by atoms with E-state index < -0.39 is 17.8 Å². The Bertz CT molecular complexity index is 3360. The molecule has 88 heavy (non-hydrogen) atoms. The van der Waals surface area contributed by atoms with Crippen LogP contribution < -0.4 is 14.2 Å². The van der Waals surface area contributed by atoms with Gasteiger partial charge in [-0.05, 0) is 144 Å². The van der Waals surface area contributed by atoms with Crippen LogP contribution in [-0.4, -0.2) is 91.1 Å². The van der Waals surface area contributed by atoms with Crippen molar-refractivity contribution >= 4 is 0 Å². The number of aromatic amines is 3. The molecule has 0 unspecified atom stereocenters. The van der Waals surface area contributed by atoms with Gasteiger partial charge in [-0.15, -0.1) is 0 Å². The van der Waals surface area contributed by atoms with Gasteiger partial charge in [0.25, 0.3) is 17.8 Å². The highest BCUT2D eigenvalue weighted by atomic mass is 19.3. The van der Waals surface area contributed by atoms with Crippen LogP contribution in [0.25, 0.3) is 33.8 Å². The van der Waals surface area contributed by atoms with E-state index in [1.165, 1.54) is 36.4 Å². The Labute approximate surface area is 513 Å². The first-order valence-electron chi connectivity index (χ1n) is 29.8. The van der Waals surface area contributed by atoms with Gasteiger partial charge in [-0.1, -0.05) is 88.6 Å². The maximum atomic E-state index is 14.2. The summed E-state index contributed by atoms with van der Waals surface area (Å²) in [6.07, 6.45) is 15.1. The van der Waals surface area contributed by atoms with Crippen molar-refractivity contribution in [1.82, 2.24) is 50.3 Å². The van der Waals surface area contributed by atoms with Gasteiger partial charge in [0.15, 0.2) is 0 Å². The molecule has 0 spiro atoms. The normalized spacial score (nSPS) is 11.8. The molecule has 9 aromatic rings. The van der Waals surface area contributed by atoms with Crippen LogP contribution in [0, 0.1) is 0 Å². The number of rotatable bonds is 28. The first-order valence-corrected chi connectivity index (χ1v) is 29.8. The summed E-state index contributed by atoms with van der Waals surface area (Å²) in [7, 11) is 6.14. The van der Waals surface area contributed by atoms with E-state index in [0.29, 0.717) is 71.7 Å². The second kappa shape index (κ2) is 32.1. The quantitative estimate of drug-likeness (QED) is 0.0407. The molecule has 0 amide bonds. The molecule has 19 heteroatoms. The van der Waals surface area contributed by atoms with Gasteiger partial charge in [0.1, 0.15) is 35.4 Å².